The van der Waals surface area contributed by atoms with Gasteiger partial charge in [-0.05, 0) is 26.0 Å². The number of nitrogens with zero attached hydrogens (tertiary/aromatic N) is 2. The Bertz CT molecular complexity index is 452. The molecule has 1 aromatic carbocycles. The molecule has 3 nitrogen and oxygen atoms in total. The topological polar surface area (TPSA) is 37.8 Å². The standard InChI is InChI=1S/C12H13N3/c1-9-10(2)13-8-14-12(9)15-11-6-4-3-5-7-11/h3-8H,1-2H3,(H,13,14,15). The second-order valence-electron chi connectivity index (χ2n) is 3.42. The van der Waals surface area contributed by atoms with Gasteiger partial charge in [-0.3, -0.25) is 0 Å². The molecule has 0 aliphatic carbocycles. The van der Waals surface area contributed by atoms with Gasteiger partial charge in [0.2, 0.25) is 0 Å². The summed E-state index contributed by atoms with van der Waals surface area (Å²) in [6.45, 7) is 3.99. The average molecular weight is 199 g/mol. The molecule has 2 aromatic rings. The molecule has 0 aliphatic heterocycles. The van der Waals surface area contributed by atoms with Crippen molar-refractivity contribution in [3.05, 3.63) is 47.9 Å². The van der Waals surface area contributed by atoms with Crippen molar-refractivity contribution < 1.29 is 0 Å². The van der Waals surface area contributed by atoms with Gasteiger partial charge >= 0.3 is 0 Å². The molecule has 0 unspecified atom stereocenters. The third kappa shape index (κ3) is 2.13. The molecule has 0 spiro atoms. The van der Waals surface area contributed by atoms with Crippen LogP contribution in [0.2, 0.25) is 0 Å². The molecule has 76 valence electrons. The predicted molar refractivity (Wildman–Crippen MR) is 61.2 cm³/mol. The molecule has 0 aliphatic rings. The van der Waals surface area contributed by atoms with Crippen molar-refractivity contribution in [2.24, 2.45) is 0 Å². The summed E-state index contributed by atoms with van der Waals surface area (Å²) >= 11 is 0. The van der Waals surface area contributed by atoms with Gasteiger partial charge in [0.15, 0.2) is 0 Å². The third-order valence-electron chi connectivity index (χ3n) is 2.37. The second-order valence-corrected chi connectivity index (χ2v) is 3.42. The van der Waals surface area contributed by atoms with Crippen molar-refractivity contribution in [3.63, 3.8) is 0 Å². The van der Waals surface area contributed by atoms with Crippen molar-refractivity contribution >= 4 is 11.5 Å². The van der Waals surface area contributed by atoms with Crippen LogP contribution in [0.5, 0.6) is 0 Å². The van der Waals surface area contributed by atoms with Crippen LogP contribution >= 0.6 is 0 Å². The molecular formula is C12H13N3. The van der Waals surface area contributed by atoms with Gasteiger partial charge in [0.1, 0.15) is 12.1 Å². The highest BCUT2D eigenvalue weighted by atomic mass is 15.0. The number of hydrogen-bond acceptors (Lipinski definition) is 3. The van der Waals surface area contributed by atoms with Crippen LogP contribution in [0.3, 0.4) is 0 Å². The number of para-hydroxylation sites is 1. The molecule has 1 N–H and O–H groups in total. The van der Waals surface area contributed by atoms with Gasteiger partial charge in [0.25, 0.3) is 0 Å². The first-order valence-electron chi connectivity index (χ1n) is 4.87. The minimum Gasteiger partial charge on any atom is -0.340 e. The van der Waals surface area contributed by atoms with E-state index in [0.29, 0.717) is 0 Å². The molecule has 0 atom stereocenters. The minimum atomic E-state index is 0.869. The molecule has 2 rings (SSSR count). The van der Waals surface area contributed by atoms with Crippen LogP contribution in [0.25, 0.3) is 0 Å². The molecule has 1 aromatic heterocycles. The highest BCUT2D eigenvalue weighted by Gasteiger charge is 2.02. The van der Waals surface area contributed by atoms with Crippen molar-refractivity contribution in [2.45, 2.75) is 13.8 Å². The Balaban J connectivity index is 2.29. The first-order valence-corrected chi connectivity index (χ1v) is 4.87. The number of benzene rings is 1. The Labute approximate surface area is 89.2 Å². The monoisotopic (exact) mass is 199 g/mol. The van der Waals surface area contributed by atoms with Crippen LogP contribution in [0.4, 0.5) is 11.5 Å². The Morgan fingerprint density at radius 1 is 1.00 bits per heavy atom. The van der Waals surface area contributed by atoms with Gasteiger partial charge in [-0.1, -0.05) is 18.2 Å². The zero-order valence-electron chi connectivity index (χ0n) is 8.86. The van der Waals surface area contributed by atoms with E-state index < -0.39 is 0 Å². The summed E-state index contributed by atoms with van der Waals surface area (Å²) in [6, 6.07) is 9.99. The zero-order chi connectivity index (χ0) is 10.7. The summed E-state index contributed by atoms with van der Waals surface area (Å²) in [5.74, 6) is 0.869. The quantitative estimate of drug-likeness (QED) is 0.808. The lowest BCUT2D eigenvalue weighted by molar-refractivity contribution is 1.06. The van der Waals surface area contributed by atoms with E-state index in [1.807, 2.05) is 44.2 Å². The molecular weight excluding hydrogens is 186 g/mol. The van der Waals surface area contributed by atoms with Crippen molar-refractivity contribution in [2.75, 3.05) is 5.32 Å². The fourth-order valence-corrected chi connectivity index (χ4v) is 1.32. The lowest BCUT2D eigenvalue weighted by Gasteiger charge is -2.08. The van der Waals surface area contributed by atoms with Crippen LogP contribution in [-0.2, 0) is 0 Å². The van der Waals surface area contributed by atoms with E-state index in [2.05, 4.69) is 15.3 Å². The van der Waals surface area contributed by atoms with E-state index in [4.69, 9.17) is 0 Å². The molecule has 0 amide bonds. The highest BCUT2D eigenvalue weighted by Crippen LogP contribution is 2.18. The summed E-state index contributed by atoms with van der Waals surface area (Å²) in [6.07, 6.45) is 1.58. The summed E-state index contributed by atoms with van der Waals surface area (Å²) in [5.41, 5.74) is 3.13. The number of nitrogens with one attached hydrogen (secondary N) is 1. The Kier molecular flexibility index (Phi) is 2.63. The number of aryl methyl sites for hydroxylation is 1. The molecule has 0 saturated carbocycles. The van der Waals surface area contributed by atoms with E-state index in [0.717, 1.165) is 22.8 Å². The lowest BCUT2D eigenvalue weighted by Crippen LogP contribution is -1.99. The van der Waals surface area contributed by atoms with Gasteiger partial charge < -0.3 is 5.32 Å². The summed E-state index contributed by atoms with van der Waals surface area (Å²) in [7, 11) is 0. The van der Waals surface area contributed by atoms with Crippen LogP contribution in [-0.4, -0.2) is 9.97 Å². The minimum absolute atomic E-state index is 0.869. The Morgan fingerprint density at radius 2 is 1.73 bits per heavy atom. The van der Waals surface area contributed by atoms with Crippen LogP contribution < -0.4 is 5.32 Å². The van der Waals surface area contributed by atoms with Gasteiger partial charge in [0, 0.05) is 16.9 Å². The fourth-order valence-electron chi connectivity index (χ4n) is 1.32. The molecule has 1 heterocycles. The summed E-state index contributed by atoms with van der Waals surface area (Å²) in [4.78, 5) is 8.34. The van der Waals surface area contributed by atoms with Crippen LogP contribution in [0.1, 0.15) is 11.3 Å². The molecule has 0 radical (unpaired) electrons. The molecule has 15 heavy (non-hydrogen) atoms. The first-order chi connectivity index (χ1) is 7.27. The van der Waals surface area contributed by atoms with E-state index in [9.17, 15) is 0 Å². The van der Waals surface area contributed by atoms with Gasteiger partial charge in [0.05, 0.1) is 0 Å². The van der Waals surface area contributed by atoms with Crippen molar-refractivity contribution in [1.29, 1.82) is 0 Å². The number of anilines is 2. The molecule has 3 heteroatoms. The van der Waals surface area contributed by atoms with Crippen molar-refractivity contribution in [1.82, 2.24) is 9.97 Å². The maximum atomic E-state index is 4.21. The molecule has 0 saturated heterocycles. The highest BCUT2D eigenvalue weighted by molar-refractivity contribution is 5.59. The number of hydrogen-bond donors (Lipinski definition) is 1. The summed E-state index contributed by atoms with van der Waals surface area (Å²) < 4.78 is 0. The predicted octanol–water partition coefficient (Wildman–Crippen LogP) is 2.84. The van der Waals surface area contributed by atoms with Crippen molar-refractivity contribution in [3.8, 4) is 0 Å². The average Bonchev–Trinajstić information content (AvgIpc) is 2.26. The second kappa shape index (κ2) is 4.09. The normalized spacial score (nSPS) is 10.0. The largest absolute Gasteiger partial charge is 0.340 e. The van der Waals surface area contributed by atoms with E-state index in [-0.39, 0.29) is 0 Å². The fraction of sp³-hybridized carbons (Fsp3) is 0.167. The maximum Gasteiger partial charge on any atom is 0.136 e. The van der Waals surface area contributed by atoms with E-state index in [1.54, 1.807) is 6.33 Å². The van der Waals surface area contributed by atoms with Crippen LogP contribution in [0.15, 0.2) is 36.7 Å². The Hall–Kier alpha value is -1.90. The lowest BCUT2D eigenvalue weighted by atomic mass is 10.2. The maximum absolute atomic E-state index is 4.21. The van der Waals surface area contributed by atoms with E-state index >= 15 is 0 Å². The number of aromatic nitrogens is 2. The van der Waals surface area contributed by atoms with Crippen LogP contribution in [0, 0.1) is 13.8 Å². The SMILES string of the molecule is Cc1ncnc(Nc2ccccc2)c1C. The smallest absolute Gasteiger partial charge is 0.136 e. The van der Waals surface area contributed by atoms with E-state index in [1.165, 1.54) is 0 Å². The third-order valence-corrected chi connectivity index (χ3v) is 2.37. The molecule has 0 bridgehead atoms. The van der Waals surface area contributed by atoms with Gasteiger partial charge in [-0.15, -0.1) is 0 Å². The van der Waals surface area contributed by atoms with Gasteiger partial charge in [-0.25, -0.2) is 9.97 Å². The number of rotatable bonds is 2. The molecule has 0 fully saturated rings. The van der Waals surface area contributed by atoms with Gasteiger partial charge in [-0.2, -0.15) is 0 Å². The summed E-state index contributed by atoms with van der Waals surface area (Å²) in [5, 5.41) is 3.26. The Morgan fingerprint density at radius 3 is 2.47 bits per heavy atom. The zero-order valence-corrected chi connectivity index (χ0v) is 8.86. The first kappa shape index (κ1) is 9.65.